The van der Waals surface area contributed by atoms with E-state index >= 15 is 0 Å². The second kappa shape index (κ2) is 10.7. The Morgan fingerprint density at radius 2 is 1.42 bits per heavy atom. The van der Waals surface area contributed by atoms with Gasteiger partial charge >= 0.3 is 0 Å². The summed E-state index contributed by atoms with van der Waals surface area (Å²) in [6, 6.07) is 20.5. The van der Waals surface area contributed by atoms with Crippen LogP contribution in [0, 0.1) is 6.92 Å². The predicted molar refractivity (Wildman–Crippen MR) is 132 cm³/mol. The molecule has 0 aliphatic heterocycles. The largest absolute Gasteiger partial charge is 0.325 e. The van der Waals surface area contributed by atoms with Crippen LogP contribution in [0.2, 0.25) is 0 Å². The number of carbonyl (C=O) groups excluding carboxylic acids is 2. The number of aryl methyl sites for hydroxylation is 1. The number of sulfonamides is 1. The molecule has 9 heteroatoms. The Labute approximate surface area is 198 Å². The number of amides is 2. The van der Waals surface area contributed by atoms with E-state index in [0.717, 1.165) is 15.6 Å². The van der Waals surface area contributed by atoms with Gasteiger partial charge in [-0.05, 0) is 55.5 Å². The third kappa shape index (κ3) is 6.44. The number of hydrogen-bond donors (Lipinski definition) is 2. The molecular formula is C24H25N3O4S2. The molecule has 0 aromatic heterocycles. The zero-order valence-electron chi connectivity index (χ0n) is 18.5. The highest BCUT2D eigenvalue weighted by Crippen LogP contribution is 2.24. The summed E-state index contributed by atoms with van der Waals surface area (Å²) in [6.45, 7) is 1.98. The average molecular weight is 484 g/mol. The molecule has 0 bridgehead atoms. The van der Waals surface area contributed by atoms with Crippen molar-refractivity contribution in [3.8, 4) is 0 Å². The molecule has 3 rings (SSSR count). The molecule has 33 heavy (non-hydrogen) atoms. The summed E-state index contributed by atoms with van der Waals surface area (Å²) in [5, 5.41) is 5.62. The monoisotopic (exact) mass is 483 g/mol. The molecule has 0 atom stereocenters. The van der Waals surface area contributed by atoms with E-state index in [9.17, 15) is 18.0 Å². The summed E-state index contributed by atoms with van der Waals surface area (Å²) < 4.78 is 25.5. The van der Waals surface area contributed by atoms with Gasteiger partial charge in [0.05, 0.1) is 16.2 Å². The van der Waals surface area contributed by atoms with Crippen molar-refractivity contribution in [2.45, 2.75) is 16.7 Å². The Bertz CT molecular complexity index is 1240. The maximum absolute atomic E-state index is 12.8. The zero-order valence-corrected chi connectivity index (χ0v) is 20.2. The van der Waals surface area contributed by atoms with Crippen LogP contribution in [0.4, 0.5) is 11.4 Å². The molecule has 3 aromatic rings. The van der Waals surface area contributed by atoms with Gasteiger partial charge in [0.2, 0.25) is 15.9 Å². The number of carbonyl (C=O) groups is 2. The molecule has 0 spiro atoms. The van der Waals surface area contributed by atoms with E-state index in [4.69, 9.17) is 0 Å². The van der Waals surface area contributed by atoms with Crippen LogP contribution in [0.1, 0.15) is 15.9 Å². The number of thioether (sulfide) groups is 1. The standard InChI is InChI=1S/C24H25N3O4S2/c1-17-8-10-18(11-9-17)25-23(28)16-32-22-7-5-4-6-21(22)24(29)26-19-12-14-20(15-13-19)33(30,31)27(2)3/h4-15H,16H2,1-3H3,(H,25,28)(H,26,29). The van der Waals surface area contributed by atoms with E-state index < -0.39 is 10.0 Å². The van der Waals surface area contributed by atoms with Gasteiger partial charge in [-0.1, -0.05) is 29.8 Å². The summed E-state index contributed by atoms with van der Waals surface area (Å²) in [5.74, 6) is -0.369. The van der Waals surface area contributed by atoms with Gasteiger partial charge in [-0.15, -0.1) is 11.8 Å². The highest BCUT2D eigenvalue weighted by Gasteiger charge is 2.17. The summed E-state index contributed by atoms with van der Waals surface area (Å²) in [5.41, 5.74) is 2.72. The lowest BCUT2D eigenvalue weighted by molar-refractivity contribution is -0.113. The van der Waals surface area contributed by atoms with Crippen molar-refractivity contribution in [3.63, 3.8) is 0 Å². The Morgan fingerprint density at radius 3 is 2.06 bits per heavy atom. The number of hydrogen-bond acceptors (Lipinski definition) is 5. The van der Waals surface area contributed by atoms with Gasteiger partial charge in [-0.3, -0.25) is 9.59 Å². The van der Waals surface area contributed by atoms with Crippen LogP contribution >= 0.6 is 11.8 Å². The summed E-state index contributed by atoms with van der Waals surface area (Å²) >= 11 is 1.27. The van der Waals surface area contributed by atoms with E-state index in [2.05, 4.69) is 10.6 Å². The van der Waals surface area contributed by atoms with Gasteiger partial charge in [0.1, 0.15) is 0 Å². The number of anilines is 2. The molecule has 7 nitrogen and oxygen atoms in total. The first-order valence-corrected chi connectivity index (χ1v) is 12.5. The van der Waals surface area contributed by atoms with E-state index in [-0.39, 0.29) is 22.5 Å². The number of benzene rings is 3. The molecule has 0 aliphatic carbocycles. The third-order valence-electron chi connectivity index (χ3n) is 4.72. The first-order chi connectivity index (χ1) is 15.7. The van der Waals surface area contributed by atoms with Crippen LogP contribution < -0.4 is 10.6 Å². The SMILES string of the molecule is Cc1ccc(NC(=O)CSc2ccccc2C(=O)Nc2ccc(S(=O)(=O)N(C)C)cc2)cc1. The van der Waals surface area contributed by atoms with Crippen molar-refractivity contribution >= 4 is 45.0 Å². The van der Waals surface area contributed by atoms with Crippen LogP contribution in [0.3, 0.4) is 0 Å². The third-order valence-corrected chi connectivity index (χ3v) is 7.62. The predicted octanol–water partition coefficient (Wildman–Crippen LogP) is 4.23. The zero-order chi connectivity index (χ0) is 24.0. The maximum atomic E-state index is 12.8. The van der Waals surface area contributed by atoms with Gasteiger partial charge in [-0.25, -0.2) is 12.7 Å². The Morgan fingerprint density at radius 1 is 0.848 bits per heavy atom. The minimum absolute atomic E-state index is 0.140. The quantitative estimate of drug-likeness (QED) is 0.468. The number of nitrogens with one attached hydrogen (secondary N) is 2. The van der Waals surface area contributed by atoms with Crippen LogP contribution in [0.15, 0.2) is 82.6 Å². The van der Waals surface area contributed by atoms with Crippen LogP contribution in [0.5, 0.6) is 0 Å². The Balaban J connectivity index is 1.65. The summed E-state index contributed by atoms with van der Waals surface area (Å²) in [6.07, 6.45) is 0. The van der Waals surface area contributed by atoms with Crippen molar-refractivity contribution in [2.75, 3.05) is 30.5 Å². The smallest absolute Gasteiger partial charge is 0.256 e. The van der Waals surface area contributed by atoms with E-state index in [1.807, 2.05) is 31.2 Å². The van der Waals surface area contributed by atoms with Gasteiger partial charge in [0, 0.05) is 30.4 Å². The molecule has 0 saturated carbocycles. The van der Waals surface area contributed by atoms with Crippen LogP contribution in [-0.2, 0) is 14.8 Å². The lowest BCUT2D eigenvalue weighted by Crippen LogP contribution is -2.22. The van der Waals surface area contributed by atoms with E-state index in [1.54, 1.807) is 36.4 Å². The molecule has 0 radical (unpaired) electrons. The molecule has 2 amide bonds. The minimum Gasteiger partial charge on any atom is -0.325 e. The number of rotatable bonds is 8. The molecule has 2 N–H and O–H groups in total. The van der Waals surface area contributed by atoms with Crippen molar-refractivity contribution in [1.82, 2.24) is 4.31 Å². The van der Waals surface area contributed by atoms with Crippen molar-refractivity contribution in [2.24, 2.45) is 0 Å². The fourth-order valence-corrected chi connectivity index (χ4v) is 4.63. The molecular weight excluding hydrogens is 458 g/mol. The highest BCUT2D eigenvalue weighted by molar-refractivity contribution is 8.00. The maximum Gasteiger partial charge on any atom is 0.256 e. The van der Waals surface area contributed by atoms with Gasteiger partial charge in [-0.2, -0.15) is 0 Å². The van der Waals surface area contributed by atoms with Gasteiger partial charge < -0.3 is 10.6 Å². The van der Waals surface area contributed by atoms with Crippen molar-refractivity contribution in [1.29, 1.82) is 0 Å². The molecule has 0 heterocycles. The molecule has 0 fully saturated rings. The lowest BCUT2D eigenvalue weighted by atomic mass is 10.2. The first-order valence-electron chi connectivity index (χ1n) is 10.1. The second-order valence-corrected chi connectivity index (χ2v) is 10.6. The van der Waals surface area contributed by atoms with Gasteiger partial charge in [0.25, 0.3) is 5.91 Å². The summed E-state index contributed by atoms with van der Waals surface area (Å²) in [4.78, 5) is 26.0. The topological polar surface area (TPSA) is 95.6 Å². The number of nitrogens with zero attached hydrogens (tertiary/aromatic N) is 1. The Hall–Kier alpha value is -3.14. The molecule has 0 unspecified atom stereocenters. The molecule has 0 saturated heterocycles. The first kappa shape index (κ1) is 24.5. The highest BCUT2D eigenvalue weighted by atomic mass is 32.2. The van der Waals surface area contributed by atoms with Crippen LogP contribution in [-0.4, -0.2) is 44.4 Å². The van der Waals surface area contributed by atoms with E-state index in [1.165, 1.54) is 38.0 Å². The molecule has 0 aliphatic rings. The van der Waals surface area contributed by atoms with Gasteiger partial charge in [0.15, 0.2) is 0 Å². The normalized spacial score (nSPS) is 11.3. The fraction of sp³-hybridized carbons (Fsp3) is 0.167. The Kier molecular flexibility index (Phi) is 7.91. The van der Waals surface area contributed by atoms with Crippen LogP contribution in [0.25, 0.3) is 0 Å². The lowest BCUT2D eigenvalue weighted by Gasteiger charge is -2.13. The minimum atomic E-state index is -3.54. The second-order valence-electron chi connectivity index (χ2n) is 7.46. The van der Waals surface area contributed by atoms with Crippen molar-refractivity contribution < 1.29 is 18.0 Å². The average Bonchev–Trinajstić information content (AvgIpc) is 2.79. The van der Waals surface area contributed by atoms with E-state index in [0.29, 0.717) is 16.1 Å². The molecule has 172 valence electrons. The molecule has 3 aromatic carbocycles. The van der Waals surface area contributed by atoms with Crippen molar-refractivity contribution in [3.05, 3.63) is 83.9 Å². The summed E-state index contributed by atoms with van der Waals surface area (Å²) in [7, 11) is -0.624. The fourth-order valence-electron chi connectivity index (χ4n) is 2.88.